The number of benzene rings is 1. The van der Waals surface area contributed by atoms with Crippen LogP contribution in [0.3, 0.4) is 0 Å². The number of nitrogens with zero attached hydrogens (tertiary/aromatic N) is 3. The van der Waals surface area contributed by atoms with Crippen molar-refractivity contribution in [3.63, 3.8) is 0 Å². The zero-order valence-electron chi connectivity index (χ0n) is 8.18. The fourth-order valence-corrected chi connectivity index (χ4v) is 2.03. The molecule has 0 atom stereocenters. The van der Waals surface area contributed by atoms with E-state index in [-0.39, 0.29) is 0 Å². The standard InChI is InChI=1S/C10H13N3S/c1-9-4-2-5-10(8-9)14-7-3-6-12-13-11/h2,4-5,8H,3,6-7H2,1H3. The summed E-state index contributed by atoms with van der Waals surface area (Å²) in [6, 6.07) is 8.42. The molecule has 0 saturated heterocycles. The molecule has 1 rings (SSSR count). The second kappa shape index (κ2) is 6.35. The third kappa shape index (κ3) is 4.21. The van der Waals surface area contributed by atoms with Crippen LogP contribution in [0.15, 0.2) is 34.3 Å². The molecular weight excluding hydrogens is 194 g/mol. The first-order chi connectivity index (χ1) is 6.83. The molecule has 0 amide bonds. The lowest BCUT2D eigenvalue weighted by Gasteiger charge is -2.00. The molecule has 3 nitrogen and oxygen atoms in total. The van der Waals surface area contributed by atoms with Crippen LogP contribution in [-0.4, -0.2) is 12.3 Å². The summed E-state index contributed by atoms with van der Waals surface area (Å²) in [6.07, 6.45) is 0.933. The second-order valence-electron chi connectivity index (χ2n) is 2.97. The zero-order valence-corrected chi connectivity index (χ0v) is 9.00. The lowest BCUT2D eigenvalue weighted by molar-refractivity contribution is 0.932. The van der Waals surface area contributed by atoms with Crippen molar-refractivity contribution < 1.29 is 0 Å². The Balaban J connectivity index is 2.27. The highest BCUT2D eigenvalue weighted by molar-refractivity contribution is 7.99. The van der Waals surface area contributed by atoms with E-state index in [9.17, 15) is 0 Å². The van der Waals surface area contributed by atoms with Crippen molar-refractivity contribution in [3.05, 3.63) is 40.3 Å². The van der Waals surface area contributed by atoms with Crippen LogP contribution in [0.2, 0.25) is 0 Å². The van der Waals surface area contributed by atoms with Crippen LogP contribution in [0, 0.1) is 6.92 Å². The summed E-state index contributed by atoms with van der Waals surface area (Å²) in [7, 11) is 0. The molecule has 0 aliphatic heterocycles. The van der Waals surface area contributed by atoms with Gasteiger partial charge in [-0.25, -0.2) is 0 Å². The summed E-state index contributed by atoms with van der Waals surface area (Å²) in [6.45, 7) is 2.68. The third-order valence-electron chi connectivity index (χ3n) is 1.72. The molecule has 14 heavy (non-hydrogen) atoms. The molecule has 0 heterocycles. The summed E-state index contributed by atoms with van der Waals surface area (Å²) in [5.74, 6) is 1.00. The number of azide groups is 1. The van der Waals surface area contributed by atoms with Crippen LogP contribution in [0.4, 0.5) is 0 Å². The maximum atomic E-state index is 8.07. The van der Waals surface area contributed by atoms with Gasteiger partial charge in [-0.15, -0.1) is 11.8 Å². The highest BCUT2D eigenvalue weighted by Crippen LogP contribution is 2.19. The quantitative estimate of drug-likeness (QED) is 0.238. The minimum atomic E-state index is 0.593. The van der Waals surface area contributed by atoms with Crippen molar-refractivity contribution in [1.29, 1.82) is 0 Å². The summed E-state index contributed by atoms with van der Waals surface area (Å²) < 4.78 is 0. The Morgan fingerprint density at radius 3 is 3.07 bits per heavy atom. The molecule has 0 aliphatic rings. The lowest BCUT2D eigenvalue weighted by atomic mass is 10.2. The minimum absolute atomic E-state index is 0.593. The van der Waals surface area contributed by atoms with Crippen molar-refractivity contribution in [1.82, 2.24) is 0 Å². The van der Waals surface area contributed by atoms with Gasteiger partial charge in [-0.05, 0) is 36.8 Å². The van der Waals surface area contributed by atoms with Gasteiger partial charge in [-0.1, -0.05) is 22.8 Å². The third-order valence-corrected chi connectivity index (χ3v) is 2.80. The molecule has 1 aromatic carbocycles. The molecule has 0 bridgehead atoms. The van der Waals surface area contributed by atoms with Gasteiger partial charge in [0.05, 0.1) is 0 Å². The van der Waals surface area contributed by atoms with Gasteiger partial charge in [0, 0.05) is 16.4 Å². The highest BCUT2D eigenvalue weighted by atomic mass is 32.2. The SMILES string of the molecule is Cc1cccc(SCCCN=[N+]=[N-])c1. The zero-order chi connectivity index (χ0) is 10.2. The molecule has 0 N–H and O–H groups in total. The Morgan fingerprint density at radius 1 is 1.50 bits per heavy atom. The number of thioether (sulfide) groups is 1. The molecule has 0 spiro atoms. The van der Waals surface area contributed by atoms with Crippen LogP contribution in [0.25, 0.3) is 10.4 Å². The Hall–Kier alpha value is -1.12. The first kappa shape index (κ1) is 11.0. The monoisotopic (exact) mass is 207 g/mol. The number of rotatable bonds is 5. The van der Waals surface area contributed by atoms with E-state index in [1.807, 2.05) is 0 Å². The van der Waals surface area contributed by atoms with Crippen molar-refractivity contribution in [3.8, 4) is 0 Å². The molecule has 0 radical (unpaired) electrons. The van der Waals surface area contributed by atoms with Gasteiger partial charge in [0.15, 0.2) is 0 Å². The summed E-state index contributed by atoms with van der Waals surface area (Å²) in [4.78, 5) is 3.99. The molecule has 0 unspecified atom stereocenters. The predicted molar refractivity (Wildman–Crippen MR) is 60.5 cm³/mol. The normalized spacial score (nSPS) is 9.50. The van der Waals surface area contributed by atoms with Gasteiger partial charge in [0.1, 0.15) is 0 Å². The largest absolute Gasteiger partial charge is 0.126 e. The lowest BCUT2D eigenvalue weighted by Crippen LogP contribution is -1.83. The van der Waals surface area contributed by atoms with Crippen LogP contribution in [0.5, 0.6) is 0 Å². The van der Waals surface area contributed by atoms with Gasteiger partial charge in [0.25, 0.3) is 0 Å². The molecule has 1 aromatic rings. The second-order valence-corrected chi connectivity index (χ2v) is 4.14. The number of aryl methyl sites for hydroxylation is 1. The molecule has 74 valence electrons. The number of hydrogen-bond acceptors (Lipinski definition) is 2. The Morgan fingerprint density at radius 2 is 2.36 bits per heavy atom. The maximum absolute atomic E-state index is 8.07. The van der Waals surface area contributed by atoms with E-state index in [4.69, 9.17) is 5.53 Å². The van der Waals surface area contributed by atoms with Gasteiger partial charge in [-0.2, -0.15) is 0 Å². The van der Waals surface area contributed by atoms with Gasteiger partial charge >= 0.3 is 0 Å². The predicted octanol–water partition coefficient (Wildman–Crippen LogP) is 3.79. The summed E-state index contributed by atoms with van der Waals surface area (Å²) in [5, 5.41) is 3.49. The fourth-order valence-electron chi connectivity index (χ4n) is 1.08. The fraction of sp³-hybridized carbons (Fsp3) is 0.400. The van der Waals surface area contributed by atoms with Gasteiger partial charge in [0.2, 0.25) is 0 Å². The number of hydrogen-bond donors (Lipinski definition) is 0. The molecule has 4 heteroatoms. The average molecular weight is 207 g/mol. The van der Waals surface area contributed by atoms with E-state index in [1.165, 1.54) is 10.5 Å². The smallest absolute Gasteiger partial charge is 0.0265 e. The van der Waals surface area contributed by atoms with Crippen LogP contribution in [0.1, 0.15) is 12.0 Å². The van der Waals surface area contributed by atoms with Crippen molar-refractivity contribution in [2.45, 2.75) is 18.2 Å². The van der Waals surface area contributed by atoms with E-state index in [2.05, 4.69) is 41.2 Å². The van der Waals surface area contributed by atoms with Gasteiger partial charge < -0.3 is 0 Å². The molecule has 0 aromatic heterocycles. The van der Waals surface area contributed by atoms with Crippen molar-refractivity contribution in [2.24, 2.45) is 5.11 Å². The van der Waals surface area contributed by atoms with Crippen LogP contribution < -0.4 is 0 Å². The molecule has 0 fully saturated rings. The summed E-state index contributed by atoms with van der Waals surface area (Å²) >= 11 is 1.80. The topological polar surface area (TPSA) is 48.8 Å². The molecular formula is C10H13N3S. The van der Waals surface area contributed by atoms with Crippen molar-refractivity contribution in [2.75, 3.05) is 12.3 Å². The Labute approximate surface area is 88.1 Å². The van der Waals surface area contributed by atoms with Crippen LogP contribution in [-0.2, 0) is 0 Å². The molecule has 0 saturated carbocycles. The van der Waals surface area contributed by atoms with Crippen molar-refractivity contribution >= 4 is 11.8 Å². The van der Waals surface area contributed by atoms with E-state index in [0.29, 0.717) is 6.54 Å². The first-order valence-electron chi connectivity index (χ1n) is 4.53. The Bertz CT molecular complexity index is 332. The van der Waals surface area contributed by atoms with Gasteiger partial charge in [-0.3, -0.25) is 0 Å². The van der Waals surface area contributed by atoms with E-state index < -0.39 is 0 Å². The molecule has 0 aliphatic carbocycles. The first-order valence-corrected chi connectivity index (χ1v) is 5.52. The van der Waals surface area contributed by atoms with E-state index in [0.717, 1.165) is 12.2 Å². The average Bonchev–Trinajstić information content (AvgIpc) is 2.18. The Kier molecular flexibility index (Phi) is 4.97. The summed E-state index contributed by atoms with van der Waals surface area (Å²) in [5.41, 5.74) is 9.35. The van der Waals surface area contributed by atoms with E-state index in [1.54, 1.807) is 11.8 Å². The van der Waals surface area contributed by atoms with Crippen LogP contribution >= 0.6 is 11.8 Å². The minimum Gasteiger partial charge on any atom is -0.126 e. The maximum Gasteiger partial charge on any atom is 0.0265 e. The van der Waals surface area contributed by atoms with E-state index >= 15 is 0 Å². The highest BCUT2D eigenvalue weighted by Gasteiger charge is 1.93.